The van der Waals surface area contributed by atoms with Gasteiger partial charge in [0, 0.05) is 26.2 Å². The Morgan fingerprint density at radius 3 is 2.08 bits per heavy atom. The Morgan fingerprint density at radius 2 is 1.38 bits per heavy atom. The molecule has 0 N–H and O–H groups in total. The molecule has 0 aliphatic carbocycles. The maximum atomic E-state index is 12.2. The van der Waals surface area contributed by atoms with Crippen LogP contribution in [0.4, 0.5) is 11.4 Å². The van der Waals surface area contributed by atoms with Crippen LogP contribution in [0.5, 0.6) is 5.75 Å². The molecule has 0 amide bonds. The molecule has 0 atom stereocenters. The fraction of sp³-hybridized carbons (Fsp3) is 0.238. The Bertz CT molecular complexity index is 982. The zero-order valence-corrected chi connectivity index (χ0v) is 14.6. The molecule has 132 valence electrons. The third-order valence-electron chi connectivity index (χ3n) is 4.97. The summed E-state index contributed by atoms with van der Waals surface area (Å²) in [6.07, 6.45) is 0. The number of rotatable bonds is 4. The average molecular weight is 348 g/mol. The van der Waals surface area contributed by atoms with E-state index in [2.05, 4.69) is 4.90 Å². The monoisotopic (exact) mass is 348 g/mol. The molecule has 1 aliphatic heterocycles. The van der Waals surface area contributed by atoms with Crippen LogP contribution in [-0.4, -0.2) is 33.3 Å². The summed E-state index contributed by atoms with van der Waals surface area (Å²) in [7, 11) is 1.67. The van der Waals surface area contributed by atoms with Gasteiger partial charge in [-0.15, -0.1) is 0 Å². The Hall–Kier alpha value is -3.08. The minimum atomic E-state index is -0.377. The van der Waals surface area contributed by atoms with Crippen LogP contribution in [0.25, 0.3) is 11.1 Å². The normalized spacial score (nSPS) is 14.7. The highest BCUT2D eigenvalue weighted by molar-refractivity contribution is 5.82. The zero-order chi connectivity index (χ0) is 18.1. The number of anilines is 2. The molecule has 5 heteroatoms. The van der Waals surface area contributed by atoms with E-state index >= 15 is 0 Å². The first-order valence-electron chi connectivity index (χ1n) is 8.72. The predicted molar refractivity (Wildman–Crippen MR) is 104 cm³/mol. The lowest BCUT2D eigenvalue weighted by atomic mass is 9.97. The quantitative estimate of drug-likeness (QED) is 0.677. The van der Waals surface area contributed by atoms with Gasteiger partial charge in [-0.25, -0.2) is 0 Å². The smallest absolute Gasteiger partial charge is 0.250 e. The van der Waals surface area contributed by atoms with Crippen LogP contribution in [0.1, 0.15) is 0 Å². The van der Waals surface area contributed by atoms with Gasteiger partial charge in [0.25, 0.3) is 0 Å². The molecule has 1 aliphatic rings. The van der Waals surface area contributed by atoms with Crippen molar-refractivity contribution in [3.63, 3.8) is 0 Å². The van der Waals surface area contributed by atoms with Gasteiger partial charge in [-0.1, -0.05) is 42.5 Å². The molecule has 1 heterocycles. The minimum Gasteiger partial charge on any atom is -0.495 e. The van der Waals surface area contributed by atoms with Gasteiger partial charge in [-0.2, -0.15) is 0 Å². The summed E-state index contributed by atoms with van der Waals surface area (Å²) in [6, 6.07) is 17.4. The number of nitrogens with zero attached hydrogens (tertiary/aromatic N) is 2. The molecular formula is C21H20N2O3. The number of ether oxygens (including phenoxy) is 1. The lowest BCUT2D eigenvalue weighted by molar-refractivity contribution is 0.413. The highest BCUT2D eigenvalue weighted by Gasteiger charge is 2.29. The predicted octanol–water partition coefficient (Wildman–Crippen LogP) is 2.28. The van der Waals surface area contributed by atoms with E-state index in [1.807, 2.05) is 59.5 Å². The van der Waals surface area contributed by atoms with Crippen molar-refractivity contribution >= 4 is 11.4 Å². The molecule has 5 nitrogen and oxygen atoms in total. The van der Waals surface area contributed by atoms with E-state index in [-0.39, 0.29) is 10.9 Å². The Kier molecular flexibility index (Phi) is 4.21. The summed E-state index contributed by atoms with van der Waals surface area (Å²) in [5.41, 5.74) is 2.26. The van der Waals surface area contributed by atoms with Gasteiger partial charge in [-0.3, -0.25) is 9.59 Å². The van der Waals surface area contributed by atoms with E-state index in [1.165, 1.54) is 0 Å². The standard InChI is InChI=1S/C21H20N2O3/c1-26-17-10-6-5-9-16(17)22-11-13-23(14-12-22)19-18(20(24)21(19)25)15-7-3-2-4-8-15/h2-10H,11-14H2,1H3. The van der Waals surface area contributed by atoms with E-state index < -0.39 is 0 Å². The average Bonchev–Trinajstić information content (AvgIpc) is 2.72. The second-order valence-corrected chi connectivity index (χ2v) is 6.39. The molecule has 3 aromatic carbocycles. The summed E-state index contributed by atoms with van der Waals surface area (Å²) in [6.45, 7) is 2.94. The number of hydrogen-bond donors (Lipinski definition) is 0. The molecule has 0 saturated carbocycles. The number of para-hydroxylation sites is 2. The topological polar surface area (TPSA) is 49.9 Å². The second kappa shape index (κ2) is 6.67. The van der Waals surface area contributed by atoms with Crippen LogP contribution < -0.4 is 25.4 Å². The van der Waals surface area contributed by atoms with E-state index in [4.69, 9.17) is 4.74 Å². The van der Waals surface area contributed by atoms with Crippen LogP contribution in [0.15, 0.2) is 64.2 Å². The van der Waals surface area contributed by atoms with Crippen molar-refractivity contribution in [3.05, 3.63) is 75.0 Å². The molecule has 1 fully saturated rings. The van der Waals surface area contributed by atoms with Crippen molar-refractivity contribution in [1.82, 2.24) is 0 Å². The number of methoxy groups -OCH3 is 1. The number of hydrogen-bond acceptors (Lipinski definition) is 5. The van der Waals surface area contributed by atoms with Crippen LogP contribution in [0.2, 0.25) is 0 Å². The Morgan fingerprint density at radius 1 is 0.769 bits per heavy atom. The maximum Gasteiger partial charge on any atom is 0.250 e. The highest BCUT2D eigenvalue weighted by atomic mass is 16.5. The SMILES string of the molecule is COc1ccccc1N1CCN(c2c(-c3ccccc3)c(=O)c2=O)CC1. The van der Waals surface area contributed by atoms with Crippen LogP contribution in [0.3, 0.4) is 0 Å². The van der Waals surface area contributed by atoms with Crippen LogP contribution in [-0.2, 0) is 0 Å². The maximum absolute atomic E-state index is 12.2. The van der Waals surface area contributed by atoms with Crippen LogP contribution in [0, 0.1) is 0 Å². The van der Waals surface area contributed by atoms with Gasteiger partial charge in [0.1, 0.15) is 11.4 Å². The molecule has 4 rings (SSSR count). The lowest BCUT2D eigenvalue weighted by Crippen LogP contribution is -2.51. The molecule has 26 heavy (non-hydrogen) atoms. The lowest BCUT2D eigenvalue weighted by Gasteiger charge is -2.38. The van der Waals surface area contributed by atoms with Crippen molar-refractivity contribution in [2.75, 3.05) is 43.1 Å². The molecule has 0 radical (unpaired) electrons. The van der Waals surface area contributed by atoms with Crippen molar-refractivity contribution in [2.24, 2.45) is 0 Å². The third kappa shape index (κ3) is 2.65. The van der Waals surface area contributed by atoms with Gasteiger partial charge < -0.3 is 14.5 Å². The van der Waals surface area contributed by atoms with Gasteiger partial charge in [0.2, 0.25) is 10.9 Å². The number of benzene rings is 2. The molecule has 0 unspecified atom stereocenters. The minimum absolute atomic E-state index is 0.366. The summed E-state index contributed by atoms with van der Waals surface area (Å²) >= 11 is 0. The summed E-state index contributed by atoms with van der Waals surface area (Å²) < 4.78 is 5.45. The summed E-state index contributed by atoms with van der Waals surface area (Å²) in [5.74, 6) is 0.847. The van der Waals surface area contributed by atoms with Gasteiger partial charge in [0.15, 0.2) is 0 Å². The van der Waals surface area contributed by atoms with E-state index in [0.717, 1.165) is 30.1 Å². The fourth-order valence-corrected chi connectivity index (χ4v) is 3.62. The van der Waals surface area contributed by atoms with Crippen molar-refractivity contribution in [3.8, 4) is 16.9 Å². The molecule has 1 saturated heterocycles. The first kappa shape index (κ1) is 16.4. The summed E-state index contributed by atoms with van der Waals surface area (Å²) in [4.78, 5) is 28.6. The molecule has 0 spiro atoms. The van der Waals surface area contributed by atoms with Gasteiger partial charge in [-0.05, 0) is 17.7 Å². The first-order valence-corrected chi connectivity index (χ1v) is 8.72. The Balaban J connectivity index is 1.56. The zero-order valence-electron chi connectivity index (χ0n) is 14.6. The third-order valence-corrected chi connectivity index (χ3v) is 4.97. The van der Waals surface area contributed by atoms with Crippen molar-refractivity contribution < 1.29 is 4.74 Å². The molecule has 0 aromatic heterocycles. The molecule has 3 aromatic rings. The van der Waals surface area contributed by atoms with Crippen molar-refractivity contribution in [1.29, 1.82) is 0 Å². The first-order chi connectivity index (χ1) is 12.7. The summed E-state index contributed by atoms with van der Waals surface area (Å²) in [5, 5.41) is 0. The fourth-order valence-electron chi connectivity index (χ4n) is 3.62. The molecule has 0 bridgehead atoms. The molecular weight excluding hydrogens is 328 g/mol. The van der Waals surface area contributed by atoms with Crippen LogP contribution >= 0.6 is 0 Å². The second-order valence-electron chi connectivity index (χ2n) is 6.39. The van der Waals surface area contributed by atoms with E-state index in [0.29, 0.717) is 24.3 Å². The van der Waals surface area contributed by atoms with E-state index in [1.54, 1.807) is 7.11 Å². The highest BCUT2D eigenvalue weighted by Crippen LogP contribution is 2.31. The van der Waals surface area contributed by atoms with Gasteiger partial charge >= 0.3 is 0 Å². The van der Waals surface area contributed by atoms with E-state index in [9.17, 15) is 9.59 Å². The van der Waals surface area contributed by atoms with Crippen molar-refractivity contribution in [2.45, 2.75) is 0 Å². The van der Waals surface area contributed by atoms with Gasteiger partial charge in [0.05, 0.1) is 18.4 Å². The Labute approximate surface area is 151 Å². The largest absolute Gasteiger partial charge is 0.495 e. The number of piperazine rings is 1.